The van der Waals surface area contributed by atoms with Gasteiger partial charge in [-0.15, -0.1) is 0 Å². The molecule has 0 heterocycles. The van der Waals surface area contributed by atoms with Crippen LogP contribution in [-0.4, -0.2) is 5.78 Å². The number of halogens is 1. The monoisotopic (exact) mass is 260 g/mol. The Balaban J connectivity index is 0. The minimum atomic E-state index is 0. The van der Waals surface area contributed by atoms with Crippen molar-refractivity contribution in [1.29, 1.82) is 0 Å². The van der Waals surface area contributed by atoms with E-state index in [1.165, 1.54) is 0 Å². The van der Waals surface area contributed by atoms with Crippen molar-refractivity contribution in [3.8, 4) is 0 Å². The molecule has 0 amide bonds. The van der Waals surface area contributed by atoms with Crippen LogP contribution in [0.4, 0.5) is 0 Å². The standard InChI is InChI=1S/C11H13O.ClH.Zn/c1-2-3-9-11(12)10-7-5-4-6-8-10;;/h5-8H,2-3,9H2,1H3;1H;/q-1;;+2/p-1. The summed E-state index contributed by atoms with van der Waals surface area (Å²) in [6.07, 6.45) is 2.72. The molecule has 0 bridgehead atoms. The molecular weight excluding hydrogens is 249 g/mol. The number of ketones is 1. The third-order valence-corrected chi connectivity index (χ3v) is 1.80. The first-order valence-electron chi connectivity index (χ1n) is 4.34. The van der Waals surface area contributed by atoms with E-state index in [1.807, 2.05) is 12.1 Å². The summed E-state index contributed by atoms with van der Waals surface area (Å²) in [7, 11) is 0. The van der Waals surface area contributed by atoms with Crippen LogP contribution in [-0.2, 0) is 19.5 Å². The molecule has 0 N–H and O–H groups in total. The summed E-state index contributed by atoms with van der Waals surface area (Å²) in [5, 5.41) is 0. The normalized spacial score (nSPS) is 8.36. The molecule has 72 valence electrons. The molecule has 3 heteroatoms. The Hall–Kier alpha value is -0.197. The quantitative estimate of drug-likeness (QED) is 0.419. The number of carbonyl (C=O) groups excluding carboxylic acids is 1. The Morgan fingerprint density at radius 1 is 1.36 bits per heavy atom. The molecule has 1 aromatic rings. The van der Waals surface area contributed by atoms with Crippen molar-refractivity contribution in [3.63, 3.8) is 0 Å². The first-order valence-corrected chi connectivity index (χ1v) is 4.34. The molecule has 0 atom stereocenters. The summed E-state index contributed by atoms with van der Waals surface area (Å²) in [5.74, 6) is 0.242. The molecule has 0 aliphatic carbocycles. The molecule has 0 aliphatic rings. The smallest absolute Gasteiger partial charge is 1.00 e. The van der Waals surface area contributed by atoms with Gasteiger partial charge in [0.15, 0.2) is 0 Å². The van der Waals surface area contributed by atoms with E-state index in [9.17, 15) is 4.79 Å². The Bertz CT molecular complexity index is 249. The Kier molecular flexibility index (Phi) is 10.9. The molecule has 0 aliphatic heterocycles. The fourth-order valence-electron chi connectivity index (χ4n) is 1.05. The van der Waals surface area contributed by atoms with Crippen LogP contribution in [0.1, 0.15) is 36.5 Å². The van der Waals surface area contributed by atoms with Gasteiger partial charge in [-0.3, -0.25) is 4.79 Å². The fraction of sp³-hybridized carbons (Fsp3) is 0.364. The number of benzene rings is 1. The van der Waals surface area contributed by atoms with E-state index in [1.54, 1.807) is 12.1 Å². The van der Waals surface area contributed by atoms with Gasteiger partial charge in [0.1, 0.15) is 5.78 Å². The Morgan fingerprint density at radius 2 is 1.93 bits per heavy atom. The summed E-state index contributed by atoms with van der Waals surface area (Å²) >= 11 is 0. The largest absolute Gasteiger partial charge is 2.00 e. The zero-order valence-electron chi connectivity index (χ0n) is 8.42. The zero-order valence-corrected chi connectivity index (χ0v) is 12.1. The SMILES string of the molecule is CCCCC(=O)c1cc[c-]cc1.[Cl-].[Zn+2]. The molecular formula is C11H13ClOZn. The van der Waals surface area contributed by atoms with E-state index < -0.39 is 0 Å². The summed E-state index contributed by atoms with van der Waals surface area (Å²) in [6.45, 7) is 2.09. The van der Waals surface area contributed by atoms with Gasteiger partial charge in [0.25, 0.3) is 0 Å². The molecule has 0 spiro atoms. The van der Waals surface area contributed by atoms with Crippen LogP contribution >= 0.6 is 0 Å². The van der Waals surface area contributed by atoms with Crippen LogP contribution in [0.2, 0.25) is 0 Å². The first-order chi connectivity index (χ1) is 5.84. The predicted octanol–water partition coefficient (Wildman–Crippen LogP) is -0.139. The number of hydrogen-bond acceptors (Lipinski definition) is 1. The second-order valence-electron chi connectivity index (χ2n) is 2.82. The first kappa shape index (κ1) is 16.2. The van der Waals surface area contributed by atoms with Crippen molar-refractivity contribution in [1.82, 2.24) is 0 Å². The predicted molar refractivity (Wildman–Crippen MR) is 49.1 cm³/mol. The van der Waals surface area contributed by atoms with E-state index in [-0.39, 0.29) is 37.7 Å². The van der Waals surface area contributed by atoms with Gasteiger partial charge >= 0.3 is 19.5 Å². The van der Waals surface area contributed by atoms with Crippen molar-refractivity contribution in [3.05, 3.63) is 35.9 Å². The van der Waals surface area contributed by atoms with E-state index in [0.717, 1.165) is 18.4 Å². The zero-order chi connectivity index (χ0) is 8.81. The molecule has 14 heavy (non-hydrogen) atoms. The molecule has 0 unspecified atom stereocenters. The molecule has 0 radical (unpaired) electrons. The van der Waals surface area contributed by atoms with Crippen molar-refractivity contribution < 1.29 is 36.7 Å². The van der Waals surface area contributed by atoms with Crippen molar-refractivity contribution >= 4 is 5.78 Å². The maximum Gasteiger partial charge on any atom is 2.00 e. The van der Waals surface area contributed by atoms with Gasteiger partial charge in [-0.25, -0.2) is 0 Å². The van der Waals surface area contributed by atoms with Crippen LogP contribution in [0.5, 0.6) is 0 Å². The van der Waals surface area contributed by atoms with Crippen LogP contribution in [0.15, 0.2) is 24.3 Å². The van der Waals surface area contributed by atoms with E-state index in [4.69, 9.17) is 0 Å². The van der Waals surface area contributed by atoms with E-state index in [0.29, 0.717) is 6.42 Å². The van der Waals surface area contributed by atoms with Gasteiger partial charge in [0.2, 0.25) is 0 Å². The number of hydrogen-bond donors (Lipinski definition) is 0. The second kappa shape index (κ2) is 9.36. The summed E-state index contributed by atoms with van der Waals surface area (Å²) < 4.78 is 0. The maximum absolute atomic E-state index is 11.4. The number of unbranched alkanes of at least 4 members (excludes halogenated alkanes) is 1. The third kappa shape index (κ3) is 5.52. The third-order valence-electron chi connectivity index (χ3n) is 1.80. The van der Waals surface area contributed by atoms with Crippen molar-refractivity contribution in [2.75, 3.05) is 0 Å². The van der Waals surface area contributed by atoms with Crippen LogP contribution in [0.25, 0.3) is 0 Å². The van der Waals surface area contributed by atoms with Gasteiger partial charge < -0.3 is 12.4 Å². The molecule has 1 rings (SSSR count). The van der Waals surface area contributed by atoms with Gasteiger partial charge in [0, 0.05) is 6.42 Å². The Labute approximate surface area is 104 Å². The van der Waals surface area contributed by atoms with E-state index >= 15 is 0 Å². The van der Waals surface area contributed by atoms with Crippen LogP contribution in [0.3, 0.4) is 0 Å². The minimum absolute atomic E-state index is 0. The van der Waals surface area contributed by atoms with Gasteiger partial charge in [0.05, 0.1) is 0 Å². The van der Waals surface area contributed by atoms with Crippen molar-refractivity contribution in [2.24, 2.45) is 0 Å². The summed E-state index contributed by atoms with van der Waals surface area (Å²) in [5.41, 5.74) is 0.808. The topological polar surface area (TPSA) is 17.1 Å². The second-order valence-corrected chi connectivity index (χ2v) is 2.82. The van der Waals surface area contributed by atoms with E-state index in [2.05, 4.69) is 13.0 Å². The molecule has 0 aromatic heterocycles. The number of rotatable bonds is 4. The van der Waals surface area contributed by atoms with Crippen molar-refractivity contribution in [2.45, 2.75) is 26.2 Å². The van der Waals surface area contributed by atoms with Crippen LogP contribution < -0.4 is 12.4 Å². The molecule has 1 aromatic carbocycles. The fourth-order valence-corrected chi connectivity index (χ4v) is 1.05. The summed E-state index contributed by atoms with van der Waals surface area (Å²) in [4.78, 5) is 11.4. The van der Waals surface area contributed by atoms with Crippen LogP contribution in [0, 0.1) is 6.07 Å². The molecule has 1 nitrogen and oxygen atoms in total. The molecule has 0 saturated carbocycles. The number of carbonyl (C=O) groups is 1. The molecule has 0 saturated heterocycles. The van der Waals surface area contributed by atoms with Gasteiger partial charge in [-0.1, -0.05) is 18.9 Å². The summed E-state index contributed by atoms with van der Waals surface area (Å²) in [6, 6.07) is 10.1. The minimum Gasteiger partial charge on any atom is -1.00 e. The van der Waals surface area contributed by atoms with Gasteiger partial charge in [-0.05, 0) is 6.42 Å². The molecule has 0 fully saturated rings. The van der Waals surface area contributed by atoms with Gasteiger partial charge in [-0.2, -0.15) is 30.3 Å². The Morgan fingerprint density at radius 3 is 2.43 bits per heavy atom. The number of Topliss-reactive ketones (excluding diaryl/α,β-unsaturated/α-hetero) is 1. The average Bonchev–Trinajstić information content (AvgIpc) is 2.15. The average molecular weight is 262 g/mol. The maximum atomic E-state index is 11.4.